The van der Waals surface area contributed by atoms with Gasteiger partial charge < -0.3 is 15.4 Å². The molecule has 1 atom stereocenters. The van der Waals surface area contributed by atoms with E-state index in [0.29, 0.717) is 12.5 Å². The summed E-state index contributed by atoms with van der Waals surface area (Å²) in [5.74, 6) is 2.16. The van der Waals surface area contributed by atoms with E-state index < -0.39 is 0 Å². The number of nitrogens with zero attached hydrogens (tertiary/aromatic N) is 3. The Bertz CT molecular complexity index is 886. The van der Waals surface area contributed by atoms with Gasteiger partial charge in [-0.2, -0.15) is 5.10 Å². The van der Waals surface area contributed by atoms with Crippen LogP contribution in [0.15, 0.2) is 72.0 Å². The van der Waals surface area contributed by atoms with Crippen molar-refractivity contribution in [2.75, 3.05) is 20.7 Å². The molecular formula is C23H29N5O. The molecule has 3 rings (SSSR count). The van der Waals surface area contributed by atoms with Crippen LogP contribution < -0.4 is 15.4 Å². The van der Waals surface area contributed by atoms with Gasteiger partial charge in [-0.15, -0.1) is 0 Å². The summed E-state index contributed by atoms with van der Waals surface area (Å²) in [5, 5.41) is 11.0. The van der Waals surface area contributed by atoms with E-state index in [1.165, 1.54) is 11.1 Å². The highest BCUT2D eigenvalue weighted by Crippen LogP contribution is 2.21. The van der Waals surface area contributed by atoms with Crippen LogP contribution in [0.4, 0.5) is 0 Å². The fourth-order valence-corrected chi connectivity index (χ4v) is 3.10. The molecule has 2 N–H and O–H groups in total. The Hall–Kier alpha value is -3.28. The van der Waals surface area contributed by atoms with Crippen molar-refractivity contribution >= 4 is 5.96 Å². The second kappa shape index (κ2) is 10.3. The number of methoxy groups -OCH3 is 1. The Kier molecular flexibility index (Phi) is 7.28. The van der Waals surface area contributed by atoms with Crippen molar-refractivity contribution in [1.82, 2.24) is 20.4 Å². The van der Waals surface area contributed by atoms with Crippen molar-refractivity contribution in [1.29, 1.82) is 0 Å². The van der Waals surface area contributed by atoms with Crippen LogP contribution in [0.1, 0.15) is 30.4 Å². The van der Waals surface area contributed by atoms with Crippen molar-refractivity contribution in [2.45, 2.75) is 25.8 Å². The fraction of sp³-hybridized carbons (Fsp3) is 0.304. The molecule has 0 fully saturated rings. The largest absolute Gasteiger partial charge is 0.497 e. The summed E-state index contributed by atoms with van der Waals surface area (Å²) >= 11 is 0. The molecule has 0 aliphatic carbocycles. The zero-order valence-electron chi connectivity index (χ0n) is 17.3. The number of guanidine groups is 1. The molecule has 0 saturated carbocycles. The molecule has 2 aromatic carbocycles. The van der Waals surface area contributed by atoms with Gasteiger partial charge in [-0.05, 0) is 53.8 Å². The first-order valence-electron chi connectivity index (χ1n) is 9.87. The predicted octanol–water partition coefficient (Wildman–Crippen LogP) is 3.74. The highest BCUT2D eigenvalue weighted by Gasteiger charge is 2.06. The molecule has 6 heteroatoms. The number of nitrogens with one attached hydrogen (secondary N) is 2. The van der Waals surface area contributed by atoms with Crippen LogP contribution in [0, 0.1) is 0 Å². The van der Waals surface area contributed by atoms with Gasteiger partial charge in [0.05, 0.1) is 12.8 Å². The Morgan fingerprint density at radius 1 is 1.10 bits per heavy atom. The lowest BCUT2D eigenvalue weighted by Gasteiger charge is -2.15. The number of benzene rings is 2. The average Bonchev–Trinajstić information content (AvgIpc) is 3.31. The standard InChI is InChI=1S/C23H29N5O/c1-18(20-7-11-22(29-3)12-8-20)13-15-25-23(24-2)26-17-19-5-9-21(10-6-19)28-16-4-14-27-28/h4-12,14,16,18H,13,15,17H2,1-3H3,(H2,24,25,26). The van der Waals surface area contributed by atoms with Crippen LogP contribution >= 0.6 is 0 Å². The molecule has 0 bridgehead atoms. The molecule has 0 spiro atoms. The molecule has 29 heavy (non-hydrogen) atoms. The topological polar surface area (TPSA) is 63.5 Å². The van der Waals surface area contributed by atoms with E-state index in [9.17, 15) is 0 Å². The Morgan fingerprint density at radius 2 is 1.86 bits per heavy atom. The number of hydrogen-bond acceptors (Lipinski definition) is 3. The fourth-order valence-electron chi connectivity index (χ4n) is 3.10. The van der Waals surface area contributed by atoms with Gasteiger partial charge in [-0.25, -0.2) is 4.68 Å². The van der Waals surface area contributed by atoms with E-state index in [0.717, 1.165) is 30.4 Å². The summed E-state index contributed by atoms with van der Waals surface area (Å²) in [6.45, 7) is 3.80. The van der Waals surface area contributed by atoms with Crippen LogP contribution in [0.25, 0.3) is 5.69 Å². The van der Waals surface area contributed by atoms with E-state index >= 15 is 0 Å². The number of rotatable bonds is 8. The second-order valence-corrected chi connectivity index (χ2v) is 6.93. The molecule has 0 aliphatic heterocycles. The zero-order chi connectivity index (χ0) is 20.5. The van der Waals surface area contributed by atoms with Gasteiger partial charge in [-0.1, -0.05) is 31.2 Å². The number of aliphatic imine (C=N–C) groups is 1. The van der Waals surface area contributed by atoms with E-state index in [2.05, 4.69) is 64.0 Å². The lowest BCUT2D eigenvalue weighted by atomic mass is 9.98. The summed E-state index contributed by atoms with van der Waals surface area (Å²) in [5.41, 5.74) is 3.55. The lowest BCUT2D eigenvalue weighted by molar-refractivity contribution is 0.414. The van der Waals surface area contributed by atoms with Gasteiger partial charge in [0.2, 0.25) is 0 Å². The summed E-state index contributed by atoms with van der Waals surface area (Å²) in [6.07, 6.45) is 4.73. The quantitative estimate of drug-likeness (QED) is 0.454. The second-order valence-electron chi connectivity index (χ2n) is 6.93. The Balaban J connectivity index is 1.43. The lowest BCUT2D eigenvalue weighted by Crippen LogP contribution is -2.37. The van der Waals surface area contributed by atoms with Gasteiger partial charge in [0.15, 0.2) is 5.96 Å². The van der Waals surface area contributed by atoms with E-state index in [4.69, 9.17) is 4.74 Å². The predicted molar refractivity (Wildman–Crippen MR) is 118 cm³/mol. The van der Waals surface area contributed by atoms with Gasteiger partial charge in [0, 0.05) is 32.5 Å². The van der Waals surface area contributed by atoms with Crippen molar-refractivity contribution in [3.63, 3.8) is 0 Å². The minimum Gasteiger partial charge on any atom is -0.497 e. The third kappa shape index (κ3) is 5.85. The summed E-state index contributed by atoms with van der Waals surface area (Å²) in [7, 11) is 3.48. The van der Waals surface area contributed by atoms with Gasteiger partial charge in [0.25, 0.3) is 0 Å². The maximum Gasteiger partial charge on any atom is 0.191 e. The van der Waals surface area contributed by atoms with Crippen molar-refractivity contribution < 1.29 is 4.74 Å². The van der Waals surface area contributed by atoms with Crippen molar-refractivity contribution in [2.24, 2.45) is 4.99 Å². The first-order chi connectivity index (χ1) is 14.2. The molecule has 1 heterocycles. The van der Waals surface area contributed by atoms with Crippen LogP contribution in [-0.2, 0) is 6.54 Å². The molecule has 1 unspecified atom stereocenters. The van der Waals surface area contributed by atoms with Crippen LogP contribution in [-0.4, -0.2) is 36.4 Å². The number of ether oxygens (including phenoxy) is 1. The molecule has 3 aromatic rings. The molecule has 0 radical (unpaired) electrons. The summed E-state index contributed by atoms with van der Waals surface area (Å²) in [4.78, 5) is 4.32. The first-order valence-corrected chi connectivity index (χ1v) is 9.87. The van der Waals surface area contributed by atoms with E-state index in [-0.39, 0.29) is 0 Å². The van der Waals surface area contributed by atoms with Crippen LogP contribution in [0.2, 0.25) is 0 Å². The number of hydrogen-bond donors (Lipinski definition) is 2. The normalized spacial score (nSPS) is 12.4. The van der Waals surface area contributed by atoms with Gasteiger partial charge in [-0.3, -0.25) is 4.99 Å². The zero-order valence-corrected chi connectivity index (χ0v) is 17.3. The van der Waals surface area contributed by atoms with Gasteiger partial charge in [0.1, 0.15) is 5.75 Å². The molecule has 0 saturated heterocycles. The third-order valence-corrected chi connectivity index (χ3v) is 4.94. The first kappa shape index (κ1) is 20.5. The third-order valence-electron chi connectivity index (χ3n) is 4.94. The van der Waals surface area contributed by atoms with Crippen molar-refractivity contribution in [3.05, 3.63) is 78.1 Å². The maximum atomic E-state index is 5.22. The molecule has 0 amide bonds. The highest BCUT2D eigenvalue weighted by molar-refractivity contribution is 5.79. The number of aromatic nitrogens is 2. The highest BCUT2D eigenvalue weighted by atomic mass is 16.5. The smallest absolute Gasteiger partial charge is 0.191 e. The van der Waals surface area contributed by atoms with Crippen LogP contribution in [0.3, 0.4) is 0 Å². The molecule has 152 valence electrons. The maximum absolute atomic E-state index is 5.22. The van der Waals surface area contributed by atoms with E-state index in [1.807, 2.05) is 29.1 Å². The molecule has 1 aromatic heterocycles. The minimum atomic E-state index is 0.460. The SMILES string of the molecule is CN=C(NCCC(C)c1ccc(OC)cc1)NCc1ccc(-n2cccn2)cc1. The van der Waals surface area contributed by atoms with E-state index in [1.54, 1.807) is 20.4 Å². The minimum absolute atomic E-state index is 0.460. The molecule has 6 nitrogen and oxygen atoms in total. The van der Waals surface area contributed by atoms with Gasteiger partial charge >= 0.3 is 0 Å². The average molecular weight is 392 g/mol. The Morgan fingerprint density at radius 3 is 2.48 bits per heavy atom. The molecular weight excluding hydrogens is 362 g/mol. The van der Waals surface area contributed by atoms with Crippen LogP contribution in [0.5, 0.6) is 5.75 Å². The monoisotopic (exact) mass is 391 g/mol. The Labute approximate surface area is 172 Å². The summed E-state index contributed by atoms with van der Waals surface area (Å²) in [6, 6.07) is 18.5. The van der Waals surface area contributed by atoms with Crippen molar-refractivity contribution in [3.8, 4) is 11.4 Å². The molecule has 0 aliphatic rings. The summed E-state index contributed by atoms with van der Waals surface area (Å²) < 4.78 is 7.07.